The Kier molecular flexibility index (Phi) is 6.74. The molecule has 2 unspecified atom stereocenters. The molecule has 2 atom stereocenters. The predicted molar refractivity (Wildman–Crippen MR) is 110 cm³/mol. The molecule has 0 amide bonds. The summed E-state index contributed by atoms with van der Waals surface area (Å²) in [7, 11) is 1.97. The molecule has 1 N–H and O–H groups in total. The highest BCUT2D eigenvalue weighted by Crippen LogP contribution is 2.21. The minimum atomic E-state index is -0.655. The first-order chi connectivity index (χ1) is 13.9. The van der Waals surface area contributed by atoms with Crippen molar-refractivity contribution in [2.45, 2.75) is 26.0 Å². The lowest BCUT2D eigenvalue weighted by Crippen LogP contribution is -2.34. The van der Waals surface area contributed by atoms with E-state index < -0.39 is 6.10 Å². The number of hydrogen-bond acceptors (Lipinski definition) is 6. The molecule has 7 heteroatoms. The van der Waals surface area contributed by atoms with Gasteiger partial charge in [0, 0.05) is 18.2 Å². The van der Waals surface area contributed by atoms with Crippen LogP contribution in [0.1, 0.15) is 35.8 Å². The van der Waals surface area contributed by atoms with Gasteiger partial charge in [-0.1, -0.05) is 24.3 Å². The second kappa shape index (κ2) is 9.45. The van der Waals surface area contributed by atoms with Gasteiger partial charge in [0.25, 0.3) is 0 Å². The molecule has 0 radical (unpaired) electrons. The zero-order valence-electron chi connectivity index (χ0n) is 16.9. The minimum absolute atomic E-state index is 0.0144. The Morgan fingerprint density at radius 2 is 2.00 bits per heavy atom. The van der Waals surface area contributed by atoms with Gasteiger partial charge in [-0.05, 0) is 50.7 Å². The molecule has 7 nitrogen and oxygen atoms in total. The third-order valence-corrected chi connectivity index (χ3v) is 4.90. The molecule has 0 aliphatic carbocycles. The molecule has 0 aliphatic rings. The quantitative estimate of drug-likeness (QED) is 0.562. The number of carbonyl (C=O) groups is 1. The largest absolute Gasteiger partial charge is 0.491 e. The van der Waals surface area contributed by atoms with Crippen LogP contribution in [0.2, 0.25) is 0 Å². The molecular formula is C22H26N4O3. The van der Waals surface area contributed by atoms with Crippen molar-refractivity contribution in [1.29, 1.82) is 0 Å². The Bertz CT molecular complexity index is 925. The molecule has 0 saturated carbocycles. The van der Waals surface area contributed by atoms with Crippen LogP contribution < -0.4 is 4.74 Å². The second-order valence-electron chi connectivity index (χ2n) is 7.10. The van der Waals surface area contributed by atoms with Crippen molar-refractivity contribution < 1.29 is 14.6 Å². The highest BCUT2D eigenvalue weighted by Gasteiger charge is 2.16. The highest BCUT2D eigenvalue weighted by molar-refractivity contribution is 5.94. The van der Waals surface area contributed by atoms with Crippen molar-refractivity contribution in [2.24, 2.45) is 0 Å². The molecular weight excluding hydrogens is 368 g/mol. The van der Waals surface area contributed by atoms with E-state index in [1.165, 1.54) is 13.3 Å². The van der Waals surface area contributed by atoms with E-state index in [9.17, 15) is 9.90 Å². The van der Waals surface area contributed by atoms with Crippen LogP contribution in [0.25, 0.3) is 5.69 Å². The smallest absolute Gasteiger partial charge is 0.159 e. The highest BCUT2D eigenvalue weighted by atomic mass is 16.5. The Morgan fingerprint density at radius 3 is 2.66 bits per heavy atom. The maximum atomic E-state index is 11.5. The van der Waals surface area contributed by atoms with Crippen molar-refractivity contribution >= 4 is 5.78 Å². The Morgan fingerprint density at radius 1 is 1.24 bits per heavy atom. The summed E-state index contributed by atoms with van der Waals surface area (Å²) >= 11 is 0. The van der Waals surface area contributed by atoms with Crippen LogP contribution in [-0.2, 0) is 0 Å². The molecule has 0 fully saturated rings. The lowest BCUT2D eigenvalue weighted by molar-refractivity contribution is 0.0653. The molecule has 29 heavy (non-hydrogen) atoms. The Hall–Kier alpha value is -3.03. The summed E-state index contributed by atoms with van der Waals surface area (Å²) in [5.41, 5.74) is 2.68. The topological polar surface area (TPSA) is 80.5 Å². The molecule has 0 spiro atoms. The molecule has 2 aromatic carbocycles. The fourth-order valence-electron chi connectivity index (χ4n) is 3.04. The average molecular weight is 394 g/mol. The SMILES string of the molecule is CC(=O)c1cccc(OCC(O)CN(C)C(C)c2ccc(-n3cncn3)cc2)c1. The number of nitrogens with zero attached hydrogens (tertiary/aromatic N) is 4. The van der Waals surface area contributed by atoms with Crippen LogP contribution in [0, 0.1) is 0 Å². The minimum Gasteiger partial charge on any atom is -0.491 e. The summed E-state index contributed by atoms with van der Waals surface area (Å²) in [6, 6.07) is 15.2. The van der Waals surface area contributed by atoms with E-state index in [0.717, 1.165) is 11.3 Å². The van der Waals surface area contributed by atoms with E-state index in [4.69, 9.17) is 4.74 Å². The van der Waals surface area contributed by atoms with Gasteiger partial charge in [0.15, 0.2) is 5.78 Å². The summed E-state index contributed by atoms with van der Waals surface area (Å²) in [5.74, 6) is 0.565. The van der Waals surface area contributed by atoms with E-state index in [0.29, 0.717) is 17.9 Å². The van der Waals surface area contributed by atoms with Gasteiger partial charge in [-0.3, -0.25) is 9.69 Å². The summed E-state index contributed by atoms with van der Waals surface area (Å²) < 4.78 is 7.37. The molecule has 3 rings (SSSR count). The van der Waals surface area contributed by atoms with Gasteiger partial charge >= 0.3 is 0 Å². The van der Waals surface area contributed by atoms with E-state index >= 15 is 0 Å². The van der Waals surface area contributed by atoms with Crippen molar-refractivity contribution in [2.75, 3.05) is 20.2 Å². The van der Waals surface area contributed by atoms with Gasteiger partial charge in [-0.25, -0.2) is 9.67 Å². The standard InChI is InChI=1S/C22H26N4O3/c1-16(18-7-9-20(10-8-18)26-15-23-14-24-26)25(3)12-21(28)13-29-22-6-4-5-19(11-22)17(2)27/h4-11,14-16,21,28H,12-13H2,1-3H3. The average Bonchev–Trinajstić information content (AvgIpc) is 3.27. The number of aliphatic hydroxyl groups excluding tert-OH is 1. The van der Waals surface area contributed by atoms with Crippen LogP contribution >= 0.6 is 0 Å². The summed E-state index contributed by atoms with van der Waals surface area (Å²) in [6.07, 6.45) is 2.51. The first-order valence-electron chi connectivity index (χ1n) is 9.51. The van der Waals surface area contributed by atoms with Crippen molar-refractivity contribution in [1.82, 2.24) is 19.7 Å². The number of rotatable bonds is 9. The summed E-state index contributed by atoms with van der Waals surface area (Å²) in [4.78, 5) is 17.5. The third kappa shape index (κ3) is 5.49. The number of ketones is 1. The maximum Gasteiger partial charge on any atom is 0.159 e. The zero-order chi connectivity index (χ0) is 20.8. The fourth-order valence-corrected chi connectivity index (χ4v) is 3.04. The third-order valence-electron chi connectivity index (χ3n) is 4.90. The monoisotopic (exact) mass is 394 g/mol. The number of Topliss-reactive ketones (excluding diaryl/α,β-unsaturated/α-hetero) is 1. The first-order valence-corrected chi connectivity index (χ1v) is 9.51. The van der Waals surface area contributed by atoms with E-state index in [2.05, 4.69) is 21.9 Å². The molecule has 152 valence electrons. The number of aliphatic hydroxyl groups is 1. The van der Waals surface area contributed by atoms with Crippen LogP contribution in [-0.4, -0.2) is 56.9 Å². The molecule has 0 aliphatic heterocycles. The lowest BCUT2D eigenvalue weighted by Gasteiger charge is -2.27. The summed E-state index contributed by atoms with van der Waals surface area (Å²) in [5, 5.41) is 14.5. The molecule has 0 saturated heterocycles. The molecule has 0 bridgehead atoms. The van der Waals surface area contributed by atoms with E-state index in [1.807, 2.05) is 31.3 Å². The van der Waals surface area contributed by atoms with Crippen molar-refractivity contribution in [3.05, 3.63) is 72.3 Å². The first kappa shape index (κ1) is 20.7. The Labute approximate surface area is 170 Å². The number of benzene rings is 2. The van der Waals surface area contributed by atoms with Gasteiger partial charge < -0.3 is 9.84 Å². The van der Waals surface area contributed by atoms with Gasteiger partial charge in [-0.2, -0.15) is 5.10 Å². The van der Waals surface area contributed by atoms with Crippen molar-refractivity contribution in [3.63, 3.8) is 0 Å². The van der Waals surface area contributed by atoms with E-state index in [1.54, 1.807) is 35.3 Å². The van der Waals surface area contributed by atoms with Gasteiger partial charge in [0.05, 0.1) is 5.69 Å². The van der Waals surface area contributed by atoms with Gasteiger partial charge in [0.1, 0.15) is 31.1 Å². The van der Waals surface area contributed by atoms with E-state index in [-0.39, 0.29) is 18.4 Å². The number of aromatic nitrogens is 3. The number of hydrogen-bond donors (Lipinski definition) is 1. The number of carbonyl (C=O) groups excluding carboxylic acids is 1. The normalized spacial score (nSPS) is 13.3. The molecule has 3 aromatic rings. The fraction of sp³-hybridized carbons (Fsp3) is 0.318. The summed E-state index contributed by atoms with van der Waals surface area (Å²) in [6.45, 7) is 4.22. The van der Waals surface area contributed by atoms with Crippen molar-refractivity contribution in [3.8, 4) is 11.4 Å². The number of ether oxygens (including phenoxy) is 1. The van der Waals surface area contributed by atoms with Crippen LogP contribution in [0.4, 0.5) is 0 Å². The maximum absolute atomic E-state index is 11.5. The van der Waals surface area contributed by atoms with Crippen LogP contribution in [0.5, 0.6) is 5.75 Å². The number of likely N-dealkylation sites (N-methyl/N-ethyl adjacent to an activating group) is 1. The second-order valence-corrected chi connectivity index (χ2v) is 7.10. The predicted octanol–water partition coefficient (Wildman–Crippen LogP) is 2.90. The zero-order valence-corrected chi connectivity index (χ0v) is 16.9. The van der Waals surface area contributed by atoms with Gasteiger partial charge in [-0.15, -0.1) is 0 Å². The molecule has 1 aromatic heterocycles. The van der Waals surface area contributed by atoms with Crippen LogP contribution in [0.3, 0.4) is 0 Å². The van der Waals surface area contributed by atoms with Gasteiger partial charge in [0.2, 0.25) is 0 Å². The molecule has 1 heterocycles. The Balaban J connectivity index is 1.53. The lowest BCUT2D eigenvalue weighted by atomic mass is 10.1. The van der Waals surface area contributed by atoms with Crippen LogP contribution in [0.15, 0.2) is 61.2 Å².